The minimum Gasteiger partial charge on any atom is -0.298 e. The molecule has 0 aromatic carbocycles. The lowest BCUT2D eigenvalue weighted by Gasteiger charge is -2.10. The lowest BCUT2D eigenvalue weighted by Crippen LogP contribution is -2.18. The molecule has 1 aromatic heterocycles. The SMILES string of the molecule is CC(NCC#N)c1ccncc1. The number of nitriles is 1. The van der Waals surface area contributed by atoms with E-state index in [0.29, 0.717) is 6.54 Å². The molecular formula is C9H11N3. The Kier molecular flexibility index (Phi) is 3.24. The van der Waals surface area contributed by atoms with Crippen LogP contribution in [0.4, 0.5) is 0 Å². The van der Waals surface area contributed by atoms with E-state index >= 15 is 0 Å². The molecule has 3 heteroatoms. The number of hydrogen-bond acceptors (Lipinski definition) is 3. The molecule has 1 atom stereocenters. The largest absolute Gasteiger partial charge is 0.298 e. The van der Waals surface area contributed by atoms with Gasteiger partial charge in [-0.05, 0) is 24.6 Å². The van der Waals surface area contributed by atoms with Crippen LogP contribution in [0.15, 0.2) is 24.5 Å². The third-order valence-corrected chi connectivity index (χ3v) is 1.69. The zero-order valence-electron chi connectivity index (χ0n) is 6.99. The predicted molar refractivity (Wildman–Crippen MR) is 46.3 cm³/mol. The second-order valence-corrected chi connectivity index (χ2v) is 2.54. The Balaban J connectivity index is 2.55. The smallest absolute Gasteiger partial charge is 0.0845 e. The van der Waals surface area contributed by atoms with Gasteiger partial charge in [0.05, 0.1) is 12.6 Å². The maximum Gasteiger partial charge on any atom is 0.0845 e. The molecule has 12 heavy (non-hydrogen) atoms. The molecule has 0 spiro atoms. The summed E-state index contributed by atoms with van der Waals surface area (Å²) in [4.78, 5) is 3.92. The van der Waals surface area contributed by atoms with Crippen molar-refractivity contribution in [3.63, 3.8) is 0 Å². The highest BCUT2D eigenvalue weighted by Crippen LogP contribution is 2.08. The van der Waals surface area contributed by atoms with Gasteiger partial charge in [0, 0.05) is 18.4 Å². The van der Waals surface area contributed by atoms with Crippen LogP contribution in [0.5, 0.6) is 0 Å². The molecule has 1 unspecified atom stereocenters. The molecule has 0 aliphatic heterocycles. The average molecular weight is 161 g/mol. The van der Waals surface area contributed by atoms with Crippen LogP contribution in [0.25, 0.3) is 0 Å². The zero-order valence-corrected chi connectivity index (χ0v) is 6.99. The number of nitrogens with zero attached hydrogens (tertiary/aromatic N) is 2. The van der Waals surface area contributed by atoms with Gasteiger partial charge in [0.1, 0.15) is 0 Å². The zero-order chi connectivity index (χ0) is 8.81. The van der Waals surface area contributed by atoms with E-state index in [1.54, 1.807) is 12.4 Å². The molecule has 0 aliphatic carbocycles. The maximum absolute atomic E-state index is 8.34. The van der Waals surface area contributed by atoms with Gasteiger partial charge in [0.25, 0.3) is 0 Å². The second kappa shape index (κ2) is 4.47. The highest BCUT2D eigenvalue weighted by atomic mass is 14.9. The summed E-state index contributed by atoms with van der Waals surface area (Å²) in [6.07, 6.45) is 3.50. The fourth-order valence-corrected chi connectivity index (χ4v) is 0.969. The van der Waals surface area contributed by atoms with Crippen LogP contribution in [-0.2, 0) is 0 Å². The van der Waals surface area contributed by atoms with Crippen molar-refractivity contribution < 1.29 is 0 Å². The molecule has 0 saturated carbocycles. The first kappa shape index (κ1) is 8.69. The Bertz CT molecular complexity index is 263. The van der Waals surface area contributed by atoms with E-state index in [2.05, 4.69) is 10.3 Å². The summed E-state index contributed by atoms with van der Waals surface area (Å²) in [5, 5.41) is 11.4. The summed E-state index contributed by atoms with van der Waals surface area (Å²) >= 11 is 0. The fraction of sp³-hybridized carbons (Fsp3) is 0.333. The molecule has 0 amide bonds. The van der Waals surface area contributed by atoms with Gasteiger partial charge in [-0.2, -0.15) is 5.26 Å². The van der Waals surface area contributed by atoms with E-state index in [0.717, 1.165) is 5.56 Å². The molecule has 0 saturated heterocycles. The fourth-order valence-electron chi connectivity index (χ4n) is 0.969. The van der Waals surface area contributed by atoms with Gasteiger partial charge in [-0.1, -0.05) is 0 Å². The molecule has 1 N–H and O–H groups in total. The Morgan fingerprint density at radius 1 is 1.58 bits per heavy atom. The van der Waals surface area contributed by atoms with Crippen LogP contribution < -0.4 is 5.32 Å². The number of aromatic nitrogens is 1. The van der Waals surface area contributed by atoms with Crippen molar-refractivity contribution in [3.05, 3.63) is 30.1 Å². The van der Waals surface area contributed by atoms with Crippen molar-refractivity contribution in [2.24, 2.45) is 0 Å². The number of hydrogen-bond donors (Lipinski definition) is 1. The molecule has 0 fully saturated rings. The lowest BCUT2D eigenvalue weighted by molar-refractivity contribution is 0.620. The van der Waals surface area contributed by atoms with Gasteiger partial charge < -0.3 is 0 Å². The predicted octanol–water partition coefficient (Wildman–Crippen LogP) is 1.26. The van der Waals surface area contributed by atoms with Gasteiger partial charge in [0.2, 0.25) is 0 Å². The first-order valence-corrected chi connectivity index (χ1v) is 3.85. The molecule has 0 radical (unpaired) electrons. The summed E-state index contributed by atoms with van der Waals surface area (Å²) in [5.74, 6) is 0. The summed E-state index contributed by atoms with van der Waals surface area (Å²) in [6.45, 7) is 2.40. The van der Waals surface area contributed by atoms with Crippen LogP contribution in [0.1, 0.15) is 18.5 Å². The van der Waals surface area contributed by atoms with Crippen molar-refractivity contribution in [1.29, 1.82) is 5.26 Å². The molecule has 62 valence electrons. The lowest BCUT2D eigenvalue weighted by atomic mass is 10.1. The first-order valence-electron chi connectivity index (χ1n) is 3.85. The number of nitrogens with one attached hydrogen (secondary N) is 1. The molecule has 1 heterocycles. The Morgan fingerprint density at radius 2 is 2.25 bits per heavy atom. The van der Waals surface area contributed by atoms with Gasteiger partial charge in [-0.25, -0.2) is 0 Å². The van der Waals surface area contributed by atoms with E-state index in [-0.39, 0.29) is 6.04 Å². The van der Waals surface area contributed by atoms with Gasteiger partial charge in [0.15, 0.2) is 0 Å². The van der Waals surface area contributed by atoms with Crippen LogP contribution >= 0.6 is 0 Å². The summed E-state index contributed by atoms with van der Waals surface area (Å²) in [7, 11) is 0. The molecule has 0 aliphatic rings. The summed E-state index contributed by atoms with van der Waals surface area (Å²) in [6, 6.07) is 6.14. The van der Waals surface area contributed by atoms with Crippen molar-refractivity contribution in [2.45, 2.75) is 13.0 Å². The summed E-state index contributed by atoms with van der Waals surface area (Å²) in [5.41, 5.74) is 1.15. The summed E-state index contributed by atoms with van der Waals surface area (Å²) < 4.78 is 0. The van der Waals surface area contributed by atoms with Crippen molar-refractivity contribution >= 4 is 0 Å². The van der Waals surface area contributed by atoms with Gasteiger partial charge in [-0.15, -0.1) is 0 Å². The second-order valence-electron chi connectivity index (χ2n) is 2.54. The van der Waals surface area contributed by atoms with Crippen molar-refractivity contribution in [3.8, 4) is 6.07 Å². The quantitative estimate of drug-likeness (QED) is 0.679. The van der Waals surface area contributed by atoms with Gasteiger partial charge in [-0.3, -0.25) is 10.3 Å². The third-order valence-electron chi connectivity index (χ3n) is 1.69. The van der Waals surface area contributed by atoms with E-state index in [4.69, 9.17) is 5.26 Å². The maximum atomic E-state index is 8.34. The first-order chi connectivity index (χ1) is 5.84. The third kappa shape index (κ3) is 2.33. The van der Waals surface area contributed by atoms with E-state index < -0.39 is 0 Å². The molecule has 1 aromatic rings. The molecule has 3 nitrogen and oxygen atoms in total. The molecule has 1 rings (SSSR count). The molecular weight excluding hydrogens is 150 g/mol. The number of pyridine rings is 1. The number of rotatable bonds is 3. The molecule has 0 bridgehead atoms. The topological polar surface area (TPSA) is 48.7 Å². The van der Waals surface area contributed by atoms with E-state index in [9.17, 15) is 0 Å². The van der Waals surface area contributed by atoms with Crippen LogP contribution in [-0.4, -0.2) is 11.5 Å². The van der Waals surface area contributed by atoms with Crippen LogP contribution in [0, 0.1) is 11.3 Å². The standard InChI is InChI=1S/C9H11N3/c1-8(12-7-4-10)9-2-5-11-6-3-9/h2-3,5-6,8,12H,7H2,1H3. The Hall–Kier alpha value is -1.40. The van der Waals surface area contributed by atoms with Crippen LogP contribution in [0.3, 0.4) is 0 Å². The highest BCUT2D eigenvalue weighted by Gasteiger charge is 2.01. The average Bonchev–Trinajstić information content (AvgIpc) is 2.15. The van der Waals surface area contributed by atoms with Crippen molar-refractivity contribution in [2.75, 3.05) is 6.54 Å². The van der Waals surface area contributed by atoms with Crippen molar-refractivity contribution in [1.82, 2.24) is 10.3 Å². The Morgan fingerprint density at radius 3 is 2.83 bits per heavy atom. The van der Waals surface area contributed by atoms with Crippen LogP contribution in [0.2, 0.25) is 0 Å². The van der Waals surface area contributed by atoms with E-state index in [1.807, 2.05) is 25.1 Å². The van der Waals surface area contributed by atoms with Gasteiger partial charge >= 0.3 is 0 Å². The minimum absolute atomic E-state index is 0.215. The normalized spacial score (nSPS) is 12.0. The Labute approximate surface area is 72.1 Å². The van der Waals surface area contributed by atoms with E-state index in [1.165, 1.54) is 0 Å². The highest BCUT2D eigenvalue weighted by molar-refractivity contribution is 5.14. The minimum atomic E-state index is 0.215. The monoisotopic (exact) mass is 161 g/mol.